The summed E-state index contributed by atoms with van der Waals surface area (Å²) in [7, 11) is 0. The molecule has 4 aromatic rings. The van der Waals surface area contributed by atoms with Gasteiger partial charge in [0.25, 0.3) is 0 Å². The first-order chi connectivity index (χ1) is 16.9. The van der Waals surface area contributed by atoms with Crippen molar-refractivity contribution in [3.8, 4) is 46.0 Å². The number of phenols is 2. The van der Waals surface area contributed by atoms with Crippen molar-refractivity contribution < 1.29 is 19.7 Å². The third kappa shape index (κ3) is 7.01. The average Bonchev–Trinajstić information content (AvgIpc) is 2.83. The van der Waals surface area contributed by atoms with Crippen molar-refractivity contribution in [3.05, 3.63) is 84.7 Å². The molecule has 180 valence electrons. The molecule has 8 heteroatoms. The molecule has 0 unspecified atom stereocenters. The minimum absolute atomic E-state index is 0.151. The van der Waals surface area contributed by atoms with Gasteiger partial charge in [-0.3, -0.25) is 0 Å². The zero-order valence-electron chi connectivity index (χ0n) is 20.0. The van der Waals surface area contributed by atoms with Gasteiger partial charge in [-0.1, -0.05) is 36.9 Å². The third-order valence-corrected chi connectivity index (χ3v) is 4.59. The second-order valence-corrected chi connectivity index (χ2v) is 7.41. The lowest BCUT2D eigenvalue weighted by Gasteiger charge is -2.07. The Labute approximate surface area is 204 Å². The van der Waals surface area contributed by atoms with E-state index in [1.165, 1.54) is 0 Å². The van der Waals surface area contributed by atoms with Crippen molar-refractivity contribution >= 4 is 0 Å². The van der Waals surface area contributed by atoms with Gasteiger partial charge in [-0.15, -0.1) is 0 Å². The number of hydrogen-bond donors (Lipinski definition) is 2. The molecular formula is C27H28N4O4. The number of benzene rings is 2. The summed E-state index contributed by atoms with van der Waals surface area (Å²) >= 11 is 0. The lowest BCUT2D eigenvalue weighted by atomic mass is 10.2. The van der Waals surface area contributed by atoms with E-state index in [0.717, 1.165) is 11.4 Å². The van der Waals surface area contributed by atoms with Crippen LogP contribution in [0.3, 0.4) is 0 Å². The molecule has 35 heavy (non-hydrogen) atoms. The van der Waals surface area contributed by atoms with E-state index in [1.54, 1.807) is 54.6 Å². The molecule has 0 fully saturated rings. The minimum Gasteiger partial charge on any atom is -0.507 e. The molecule has 0 spiro atoms. The summed E-state index contributed by atoms with van der Waals surface area (Å²) < 4.78 is 10.7. The monoisotopic (exact) mass is 472 g/mol. The SMILES string of the molecule is C=CCOc1cc(C)nc(-c2ccccc2O)n1.CCOc1cc(C)nc(-c2ccccc2O)n1. The van der Waals surface area contributed by atoms with Crippen LogP contribution in [0, 0.1) is 13.8 Å². The Kier molecular flexibility index (Phi) is 8.72. The molecule has 0 atom stereocenters. The van der Waals surface area contributed by atoms with E-state index in [9.17, 15) is 10.2 Å². The van der Waals surface area contributed by atoms with Gasteiger partial charge in [0.2, 0.25) is 11.8 Å². The number of ether oxygens (including phenoxy) is 2. The Morgan fingerprint density at radius 3 is 1.63 bits per heavy atom. The number of aromatic nitrogens is 4. The van der Waals surface area contributed by atoms with Crippen LogP contribution in [0.4, 0.5) is 0 Å². The van der Waals surface area contributed by atoms with Gasteiger partial charge in [0, 0.05) is 23.5 Å². The maximum atomic E-state index is 9.78. The van der Waals surface area contributed by atoms with E-state index in [0.29, 0.717) is 47.7 Å². The first kappa shape index (κ1) is 25.2. The number of nitrogens with zero attached hydrogens (tertiary/aromatic N) is 4. The molecule has 8 nitrogen and oxygen atoms in total. The molecule has 0 radical (unpaired) electrons. The number of phenolic OH excluding ortho intramolecular Hbond substituents is 2. The second kappa shape index (κ2) is 12.1. The van der Waals surface area contributed by atoms with Gasteiger partial charge in [0.15, 0.2) is 11.6 Å². The maximum absolute atomic E-state index is 9.78. The summed E-state index contributed by atoms with van der Waals surface area (Å²) in [5, 5.41) is 19.5. The molecule has 0 bridgehead atoms. The van der Waals surface area contributed by atoms with Gasteiger partial charge in [0.1, 0.15) is 18.1 Å². The van der Waals surface area contributed by atoms with Crippen LogP contribution in [-0.4, -0.2) is 43.4 Å². The Hall–Kier alpha value is -4.46. The summed E-state index contributed by atoms with van der Waals surface area (Å²) in [5.74, 6) is 2.25. The maximum Gasteiger partial charge on any atom is 0.217 e. The van der Waals surface area contributed by atoms with Crippen LogP contribution in [-0.2, 0) is 0 Å². The zero-order chi connectivity index (χ0) is 25.2. The molecule has 0 aliphatic rings. The molecule has 2 N–H and O–H groups in total. The fourth-order valence-corrected chi connectivity index (χ4v) is 3.09. The normalized spacial score (nSPS) is 10.1. The van der Waals surface area contributed by atoms with Crippen molar-refractivity contribution in [2.24, 2.45) is 0 Å². The van der Waals surface area contributed by atoms with Crippen molar-refractivity contribution in [2.45, 2.75) is 20.8 Å². The van der Waals surface area contributed by atoms with E-state index in [4.69, 9.17) is 9.47 Å². The summed E-state index contributed by atoms with van der Waals surface area (Å²) in [6.45, 7) is 10.1. The Morgan fingerprint density at radius 2 is 1.20 bits per heavy atom. The van der Waals surface area contributed by atoms with Gasteiger partial charge in [-0.05, 0) is 45.0 Å². The number of aryl methyl sites for hydroxylation is 2. The average molecular weight is 473 g/mol. The van der Waals surface area contributed by atoms with E-state index < -0.39 is 0 Å². The molecule has 0 aliphatic heterocycles. The smallest absolute Gasteiger partial charge is 0.217 e. The molecule has 4 rings (SSSR count). The lowest BCUT2D eigenvalue weighted by molar-refractivity contribution is 0.326. The van der Waals surface area contributed by atoms with Gasteiger partial charge in [-0.2, -0.15) is 9.97 Å². The Balaban J connectivity index is 0.000000196. The fraction of sp³-hybridized carbons (Fsp3) is 0.185. The summed E-state index contributed by atoms with van der Waals surface area (Å²) in [5.41, 5.74) is 2.78. The number of rotatable bonds is 7. The Morgan fingerprint density at radius 1 is 0.743 bits per heavy atom. The first-order valence-corrected chi connectivity index (χ1v) is 11.1. The van der Waals surface area contributed by atoms with E-state index in [1.807, 2.05) is 32.9 Å². The quantitative estimate of drug-likeness (QED) is 0.350. The predicted octanol–water partition coefficient (Wildman–Crippen LogP) is 5.28. The number of aromatic hydroxyl groups is 2. The molecule has 2 aromatic carbocycles. The van der Waals surface area contributed by atoms with Crippen LogP contribution in [0.5, 0.6) is 23.3 Å². The van der Waals surface area contributed by atoms with Crippen LogP contribution in [0.25, 0.3) is 22.8 Å². The second-order valence-electron chi connectivity index (χ2n) is 7.41. The highest BCUT2D eigenvalue weighted by Crippen LogP contribution is 2.28. The van der Waals surface area contributed by atoms with E-state index in [-0.39, 0.29) is 11.5 Å². The van der Waals surface area contributed by atoms with Crippen molar-refractivity contribution in [1.82, 2.24) is 19.9 Å². The largest absolute Gasteiger partial charge is 0.507 e. The highest BCUT2D eigenvalue weighted by molar-refractivity contribution is 5.64. The van der Waals surface area contributed by atoms with Crippen LogP contribution < -0.4 is 9.47 Å². The zero-order valence-corrected chi connectivity index (χ0v) is 20.0. The minimum atomic E-state index is 0.151. The predicted molar refractivity (Wildman–Crippen MR) is 135 cm³/mol. The standard InChI is InChI=1S/C14H14N2O2.C13H14N2O2/c1-3-8-18-13-9-10(2)15-14(16-13)11-6-4-5-7-12(11)17;1-3-17-12-8-9(2)14-13(15-12)10-6-4-5-7-11(10)16/h3-7,9,17H,1,8H2,2H3;4-8,16H,3H2,1-2H3. The molecule has 2 aromatic heterocycles. The van der Waals surface area contributed by atoms with Crippen molar-refractivity contribution in [3.63, 3.8) is 0 Å². The van der Waals surface area contributed by atoms with Crippen LogP contribution in [0.2, 0.25) is 0 Å². The topological polar surface area (TPSA) is 110 Å². The highest BCUT2D eigenvalue weighted by atomic mass is 16.5. The van der Waals surface area contributed by atoms with Crippen LogP contribution >= 0.6 is 0 Å². The molecule has 0 aliphatic carbocycles. The molecule has 0 saturated heterocycles. The molecule has 0 saturated carbocycles. The number of para-hydroxylation sites is 2. The lowest BCUT2D eigenvalue weighted by Crippen LogP contribution is -1.99. The summed E-state index contributed by atoms with van der Waals surface area (Å²) in [4.78, 5) is 17.1. The Bertz CT molecular complexity index is 1290. The van der Waals surface area contributed by atoms with E-state index in [2.05, 4.69) is 26.5 Å². The van der Waals surface area contributed by atoms with Gasteiger partial charge >= 0.3 is 0 Å². The van der Waals surface area contributed by atoms with Crippen molar-refractivity contribution in [2.75, 3.05) is 13.2 Å². The van der Waals surface area contributed by atoms with Crippen LogP contribution in [0.15, 0.2) is 73.3 Å². The van der Waals surface area contributed by atoms with Gasteiger partial charge < -0.3 is 19.7 Å². The molecule has 0 amide bonds. The molecule has 2 heterocycles. The number of hydrogen-bond acceptors (Lipinski definition) is 8. The third-order valence-electron chi connectivity index (χ3n) is 4.59. The van der Waals surface area contributed by atoms with Gasteiger partial charge in [0.05, 0.1) is 17.7 Å². The summed E-state index contributed by atoms with van der Waals surface area (Å²) in [6, 6.07) is 17.4. The van der Waals surface area contributed by atoms with E-state index >= 15 is 0 Å². The highest BCUT2D eigenvalue weighted by Gasteiger charge is 2.10. The van der Waals surface area contributed by atoms with Crippen molar-refractivity contribution in [1.29, 1.82) is 0 Å². The molecular weight excluding hydrogens is 444 g/mol. The first-order valence-electron chi connectivity index (χ1n) is 11.1. The summed E-state index contributed by atoms with van der Waals surface area (Å²) in [6.07, 6.45) is 1.65. The van der Waals surface area contributed by atoms with Gasteiger partial charge in [-0.25, -0.2) is 9.97 Å². The van der Waals surface area contributed by atoms with Crippen LogP contribution in [0.1, 0.15) is 18.3 Å². The fourth-order valence-electron chi connectivity index (χ4n) is 3.09.